The van der Waals surface area contributed by atoms with Crippen molar-refractivity contribution in [3.63, 3.8) is 0 Å². The summed E-state index contributed by atoms with van der Waals surface area (Å²) >= 11 is 3.11. The van der Waals surface area contributed by atoms with Crippen molar-refractivity contribution in [1.29, 1.82) is 0 Å². The van der Waals surface area contributed by atoms with Gasteiger partial charge in [0.15, 0.2) is 0 Å². The lowest BCUT2D eigenvalue weighted by Crippen LogP contribution is -2.11. The molecule has 0 spiro atoms. The molecule has 0 radical (unpaired) electrons. The molecule has 0 bridgehead atoms. The lowest BCUT2D eigenvalue weighted by Gasteiger charge is -2.07. The fraction of sp³-hybridized carbons (Fsp3) is 0.0714. The lowest BCUT2D eigenvalue weighted by molar-refractivity contribution is -0.385. The zero-order valence-corrected chi connectivity index (χ0v) is 12.8. The van der Waals surface area contributed by atoms with Crippen LogP contribution >= 0.6 is 15.9 Å². The van der Waals surface area contributed by atoms with Gasteiger partial charge in [-0.15, -0.1) is 0 Å². The number of methoxy groups -OCH3 is 1. The highest BCUT2D eigenvalue weighted by atomic mass is 79.9. The van der Waals surface area contributed by atoms with Crippen LogP contribution in [0.2, 0.25) is 0 Å². The minimum absolute atomic E-state index is 0.236. The van der Waals surface area contributed by atoms with E-state index >= 15 is 0 Å². The molecule has 0 amide bonds. The van der Waals surface area contributed by atoms with Crippen molar-refractivity contribution >= 4 is 27.6 Å². The van der Waals surface area contributed by atoms with Gasteiger partial charge in [0.1, 0.15) is 11.6 Å². The third-order valence-corrected chi connectivity index (χ3v) is 3.21. The number of benzene rings is 2. The number of ether oxygens (including phenoxy) is 2. The summed E-state index contributed by atoms with van der Waals surface area (Å²) in [7, 11) is 1.35. The van der Waals surface area contributed by atoms with E-state index in [4.69, 9.17) is 9.47 Å². The Morgan fingerprint density at radius 2 is 2.00 bits per heavy atom. The van der Waals surface area contributed by atoms with Crippen molar-refractivity contribution in [1.82, 2.24) is 0 Å². The van der Waals surface area contributed by atoms with Crippen molar-refractivity contribution in [3.8, 4) is 11.5 Å². The van der Waals surface area contributed by atoms with Crippen LogP contribution in [0.25, 0.3) is 0 Å². The van der Waals surface area contributed by atoms with Gasteiger partial charge in [-0.05, 0) is 30.3 Å². The number of halogens is 2. The van der Waals surface area contributed by atoms with Crippen LogP contribution in [0.5, 0.6) is 11.5 Å². The van der Waals surface area contributed by atoms with Crippen molar-refractivity contribution in [2.45, 2.75) is 0 Å². The van der Waals surface area contributed by atoms with Crippen LogP contribution in [0, 0.1) is 15.9 Å². The molecule has 22 heavy (non-hydrogen) atoms. The van der Waals surface area contributed by atoms with Crippen molar-refractivity contribution in [2.24, 2.45) is 0 Å². The fourth-order valence-corrected chi connectivity index (χ4v) is 2.02. The molecule has 0 aliphatic heterocycles. The first kappa shape index (κ1) is 15.9. The van der Waals surface area contributed by atoms with E-state index in [1.165, 1.54) is 31.4 Å². The Balaban J connectivity index is 2.36. The monoisotopic (exact) mass is 369 g/mol. The van der Waals surface area contributed by atoms with Gasteiger partial charge in [-0.25, -0.2) is 9.18 Å². The first-order valence-corrected chi connectivity index (χ1v) is 6.71. The largest absolute Gasteiger partial charge is 0.496 e. The van der Waals surface area contributed by atoms with E-state index in [2.05, 4.69) is 15.9 Å². The van der Waals surface area contributed by atoms with Crippen LogP contribution < -0.4 is 9.47 Å². The molecule has 0 saturated heterocycles. The summed E-state index contributed by atoms with van der Waals surface area (Å²) in [4.78, 5) is 22.3. The number of nitro groups is 1. The summed E-state index contributed by atoms with van der Waals surface area (Å²) < 4.78 is 23.9. The predicted octanol–water partition coefficient (Wildman–Crippen LogP) is 3.72. The number of hydrogen-bond acceptors (Lipinski definition) is 5. The maximum atomic E-state index is 13.6. The molecular formula is C14H9BrFNO5. The number of carbonyl (C=O) groups is 1. The molecule has 8 heteroatoms. The Morgan fingerprint density at radius 3 is 2.64 bits per heavy atom. The number of rotatable bonds is 4. The van der Waals surface area contributed by atoms with Crippen LogP contribution in [0.3, 0.4) is 0 Å². The second-order valence-corrected chi connectivity index (χ2v) is 5.02. The van der Waals surface area contributed by atoms with Crippen LogP contribution in [0.4, 0.5) is 10.1 Å². The van der Waals surface area contributed by atoms with Gasteiger partial charge in [0.25, 0.3) is 0 Å². The van der Waals surface area contributed by atoms with E-state index in [1.54, 1.807) is 0 Å². The normalized spacial score (nSPS) is 10.1. The topological polar surface area (TPSA) is 78.7 Å². The first-order chi connectivity index (χ1) is 10.4. The van der Waals surface area contributed by atoms with Crippen molar-refractivity contribution < 1.29 is 23.6 Å². The molecule has 0 heterocycles. The molecule has 0 N–H and O–H groups in total. The highest BCUT2D eigenvalue weighted by molar-refractivity contribution is 9.10. The summed E-state index contributed by atoms with van der Waals surface area (Å²) in [6, 6.07) is 7.45. The molecule has 2 rings (SSSR count). The SMILES string of the molecule is COc1ccc(OC(=O)c2cc(Br)ccc2F)c([N+](=O)[O-])c1. The maximum absolute atomic E-state index is 13.6. The number of hydrogen-bond donors (Lipinski definition) is 0. The first-order valence-electron chi connectivity index (χ1n) is 5.92. The Kier molecular flexibility index (Phi) is 4.71. The van der Waals surface area contributed by atoms with E-state index in [-0.39, 0.29) is 17.1 Å². The van der Waals surface area contributed by atoms with Gasteiger partial charge in [-0.3, -0.25) is 10.1 Å². The van der Waals surface area contributed by atoms with Crippen LogP contribution in [0.15, 0.2) is 40.9 Å². The van der Waals surface area contributed by atoms with E-state index in [0.717, 1.165) is 12.1 Å². The Bertz CT molecular complexity index is 750. The summed E-state index contributed by atoms with van der Waals surface area (Å²) in [5, 5.41) is 11.0. The van der Waals surface area contributed by atoms with Gasteiger partial charge < -0.3 is 9.47 Å². The second kappa shape index (κ2) is 6.52. The lowest BCUT2D eigenvalue weighted by atomic mass is 10.2. The summed E-state index contributed by atoms with van der Waals surface area (Å²) in [5.41, 5.74) is -0.789. The van der Waals surface area contributed by atoms with Crippen LogP contribution in [-0.2, 0) is 0 Å². The van der Waals surface area contributed by atoms with Gasteiger partial charge in [0, 0.05) is 4.47 Å². The zero-order valence-electron chi connectivity index (χ0n) is 11.2. The van der Waals surface area contributed by atoms with E-state index in [9.17, 15) is 19.3 Å². The zero-order chi connectivity index (χ0) is 16.3. The van der Waals surface area contributed by atoms with Gasteiger partial charge >= 0.3 is 11.7 Å². The van der Waals surface area contributed by atoms with Crippen molar-refractivity contribution in [3.05, 3.63) is 62.4 Å². The van der Waals surface area contributed by atoms with Crippen LogP contribution in [-0.4, -0.2) is 18.0 Å². The average molecular weight is 370 g/mol. The Hall–Kier alpha value is -2.48. The molecular weight excluding hydrogens is 361 g/mol. The molecule has 0 saturated carbocycles. The fourth-order valence-electron chi connectivity index (χ4n) is 1.66. The molecule has 2 aromatic carbocycles. The molecule has 0 aliphatic carbocycles. The molecule has 0 aromatic heterocycles. The quantitative estimate of drug-likeness (QED) is 0.355. The second-order valence-electron chi connectivity index (χ2n) is 4.10. The van der Waals surface area contributed by atoms with Gasteiger partial charge in [-0.2, -0.15) is 0 Å². The smallest absolute Gasteiger partial charge is 0.346 e. The Morgan fingerprint density at radius 1 is 1.27 bits per heavy atom. The number of carbonyl (C=O) groups excluding carboxylic acids is 1. The molecule has 0 atom stereocenters. The summed E-state index contributed by atoms with van der Waals surface area (Å²) in [6.07, 6.45) is 0. The molecule has 0 unspecified atom stereocenters. The van der Waals surface area contributed by atoms with E-state index in [0.29, 0.717) is 4.47 Å². The van der Waals surface area contributed by atoms with Crippen LogP contribution in [0.1, 0.15) is 10.4 Å². The molecule has 0 fully saturated rings. The minimum atomic E-state index is -1.04. The molecule has 2 aromatic rings. The van der Waals surface area contributed by atoms with Gasteiger partial charge in [0.2, 0.25) is 5.75 Å². The summed E-state index contributed by atoms with van der Waals surface area (Å²) in [5.74, 6) is -1.88. The molecule has 114 valence electrons. The van der Waals surface area contributed by atoms with E-state index < -0.39 is 22.4 Å². The number of esters is 1. The minimum Gasteiger partial charge on any atom is -0.496 e. The third-order valence-electron chi connectivity index (χ3n) is 2.71. The molecule has 6 nitrogen and oxygen atoms in total. The van der Waals surface area contributed by atoms with Gasteiger partial charge in [0.05, 0.1) is 23.7 Å². The molecule has 0 aliphatic rings. The highest BCUT2D eigenvalue weighted by Crippen LogP contribution is 2.31. The average Bonchev–Trinajstić information content (AvgIpc) is 2.49. The predicted molar refractivity (Wildman–Crippen MR) is 78.7 cm³/mol. The highest BCUT2D eigenvalue weighted by Gasteiger charge is 2.22. The summed E-state index contributed by atoms with van der Waals surface area (Å²) in [6.45, 7) is 0. The maximum Gasteiger partial charge on any atom is 0.346 e. The number of nitro benzene ring substituents is 1. The van der Waals surface area contributed by atoms with Gasteiger partial charge in [-0.1, -0.05) is 15.9 Å². The van der Waals surface area contributed by atoms with E-state index in [1.807, 2.05) is 0 Å². The third kappa shape index (κ3) is 3.40. The number of nitrogens with zero attached hydrogens (tertiary/aromatic N) is 1. The standard InChI is InChI=1S/C14H9BrFNO5/c1-21-9-3-5-13(12(7-9)17(19)20)22-14(18)10-6-8(15)2-4-11(10)16/h2-7H,1H3. The Labute approximate surface area is 132 Å². The van der Waals surface area contributed by atoms with Crippen molar-refractivity contribution in [2.75, 3.05) is 7.11 Å².